The molecule has 0 spiro atoms. The number of rotatable bonds is 0. The van der Waals surface area contributed by atoms with E-state index in [1.54, 1.807) is 11.1 Å². The zero-order chi connectivity index (χ0) is 13.0. The second-order valence-electron chi connectivity index (χ2n) is 6.11. The Morgan fingerprint density at radius 2 is 1.70 bits per heavy atom. The van der Waals surface area contributed by atoms with E-state index < -0.39 is 0 Å². The second kappa shape index (κ2) is 9.36. The SMILES string of the molecule is C.C.CC1=CCN(C)CC1.CC1=CCN2CCCC2C1. The van der Waals surface area contributed by atoms with Crippen molar-refractivity contribution in [1.82, 2.24) is 9.80 Å². The first-order valence-corrected chi connectivity index (χ1v) is 7.39. The Bertz CT molecular complexity index is 330. The van der Waals surface area contributed by atoms with Crippen LogP contribution in [0.3, 0.4) is 0 Å². The molecule has 0 N–H and O–H groups in total. The first-order valence-electron chi connectivity index (χ1n) is 7.39. The van der Waals surface area contributed by atoms with Gasteiger partial charge in [-0.05, 0) is 53.1 Å². The molecule has 1 unspecified atom stereocenters. The summed E-state index contributed by atoms with van der Waals surface area (Å²) < 4.78 is 0. The van der Waals surface area contributed by atoms with Crippen molar-refractivity contribution in [3.8, 4) is 0 Å². The minimum atomic E-state index is 0. The van der Waals surface area contributed by atoms with Gasteiger partial charge in [-0.3, -0.25) is 4.90 Å². The molecule has 0 aromatic rings. The van der Waals surface area contributed by atoms with E-state index in [-0.39, 0.29) is 14.9 Å². The van der Waals surface area contributed by atoms with Gasteiger partial charge < -0.3 is 4.90 Å². The molecular weight excluding hydrogens is 244 g/mol. The molecule has 3 aliphatic heterocycles. The predicted molar refractivity (Wildman–Crippen MR) is 92.3 cm³/mol. The molecule has 0 aliphatic carbocycles. The summed E-state index contributed by atoms with van der Waals surface area (Å²) in [5, 5.41) is 0. The van der Waals surface area contributed by atoms with E-state index >= 15 is 0 Å². The largest absolute Gasteiger partial charge is 0.302 e. The average Bonchev–Trinajstić information content (AvgIpc) is 2.81. The zero-order valence-electron chi connectivity index (χ0n) is 12.3. The van der Waals surface area contributed by atoms with Gasteiger partial charge in [-0.15, -0.1) is 0 Å². The maximum Gasteiger partial charge on any atom is 0.0168 e. The number of hydrogen-bond donors (Lipinski definition) is 0. The van der Waals surface area contributed by atoms with Gasteiger partial charge in [0.25, 0.3) is 0 Å². The van der Waals surface area contributed by atoms with Crippen molar-refractivity contribution in [2.75, 3.05) is 33.2 Å². The highest BCUT2D eigenvalue weighted by Crippen LogP contribution is 2.26. The summed E-state index contributed by atoms with van der Waals surface area (Å²) in [7, 11) is 2.16. The molecule has 3 heterocycles. The zero-order valence-corrected chi connectivity index (χ0v) is 12.3. The van der Waals surface area contributed by atoms with Crippen LogP contribution in [-0.2, 0) is 0 Å². The third kappa shape index (κ3) is 5.80. The van der Waals surface area contributed by atoms with Crippen LogP contribution in [0.2, 0.25) is 0 Å². The number of nitrogens with zero attached hydrogens (tertiary/aromatic N) is 2. The summed E-state index contributed by atoms with van der Waals surface area (Å²) in [6.45, 7) is 9.40. The number of likely N-dealkylation sites (N-methyl/N-ethyl adjacent to an activating group) is 1. The number of hydrogen-bond acceptors (Lipinski definition) is 2. The fourth-order valence-electron chi connectivity index (χ4n) is 2.97. The third-order valence-corrected chi connectivity index (χ3v) is 4.37. The van der Waals surface area contributed by atoms with Gasteiger partial charge in [-0.1, -0.05) is 38.2 Å². The summed E-state index contributed by atoms with van der Waals surface area (Å²) in [6, 6.07) is 0.907. The molecule has 1 saturated heterocycles. The lowest BCUT2D eigenvalue weighted by Crippen LogP contribution is -2.32. The average molecular weight is 280 g/mol. The van der Waals surface area contributed by atoms with Crippen LogP contribution >= 0.6 is 0 Å². The highest BCUT2D eigenvalue weighted by molar-refractivity contribution is 5.08. The fraction of sp³-hybridized carbons (Fsp3) is 0.778. The normalized spacial score (nSPS) is 26.1. The van der Waals surface area contributed by atoms with Gasteiger partial charge >= 0.3 is 0 Å². The molecule has 0 amide bonds. The smallest absolute Gasteiger partial charge is 0.0168 e. The minimum absolute atomic E-state index is 0. The predicted octanol–water partition coefficient (Wildman–Crippen LogP) is 4.34. The molecular formula is C18H36N2. The Hall–Kier alpha value is -0.600. The first-order chi connectivity index (χ1) is 8.65. The molecule has 118 valence electrons. The summed E-state index contributed by atoms with van der Waals surface area (Å²) in [4.78, 5) is 4.93. The van der Waals surface area contributed by atoms with Gasteiger partial charge in [0.2, 0.25) is 0 Å². The van der Waals surface area contributed by atoms with Crippen LogP contribution in [0.5, 0.6) is 0 Å². The lowest BCUT2D eigenvalue weighted by Gasteiger charge is -2.27. The standard InChI is InChI=1S/C9H15N.C7H13N.2CH4/c1-8-4-6-10-5-2-3-9(10)7-8;1-7-3-5-8(2)6-4-7;;/h4,9H,2-3,5-7H2,1H3;3H,4-6H2,1-2H3;2*1H4. The van der Waals surface area contributed by atoms with Crippen LogP contribution in [0.4, 0.5) is 0 Å². The molecule has 3 aliphatic rings. The monoisotopic (exact) mass is 280 g/mol. The molecule has 0 aromatic heterocycles. The van der Waals surface area contributed by atoms with Gasteiger partial charge in [-0.2, -0.15) is 0 Å². The quantitative estimate of drug-likeness (QED) is 0.609. The Morgan fingerprint density at radius 1 is 1.00 bits per heavy atom. The molecule has 2 heteroatoms. The van der Waals surface area contributed by atoms with Crippen molar-refractivity contribution in [1.29, 1.82) is 0 Å². The lowest BCUT2D eigenvalue weighted by atomic mass is 10.0. The molecule has 0 saturated carbocycles. The van der Waals surface area contributed by atoms with Crippen molar-refractivity contribution < 1.29 is 0 Å². The first kappa shape index (κ1) is 19.4. The van der Waals surface area contributed by atoms with Crippen LogP contribution in [0.1, 0.15) is 54.4 Å². The van der Waals surface area contributed by atoms with E-state index in [0.717, 1.165) is 12.6 Å². The Balaban J connectivity index is 0.000000336. The molecule has 0 aromatic carbocycles. The van der Waals surface area contributed by atoms with Crippen molar-refractivity contribution in [2.24, 2.45) is 0 Å². The van der Waals surface area contributed by atoms with Crippen LogP contribution in [0, 0.1) is 0 Å². The van der Waals surface area contributed by atoms with Gasteiger partial charge in [0, 0.05) is 25.7 Å². The highest BCUT2D eigenvalue weighted by atomic mass is 15.2. The van der Waals surface area contributed by atoms with Gasteiger partial charge in [-0.25, -0.2) is 0 Å². The van der Waals surface area contributed by atoms with E-state index in [4.69, 9.17) is 0 Å². The maximum absolute atomic E-state index is 2.60. The van der Waals surface area contributed by atoms with Crippen molar-refractivity contribution >= 4 is 0 Å². The van der Waals surface area contributed by atoms with Crippen LogP contribution < -0.4 is 0 Å². The topological polar surface area (TPSA) is 6.48 Å². The van der Waals surface area contributed by atoms with E-state index in [1.165, 1.54) is 45.3 Å². The van der Waals surface area contributed by atoms with Crippen LogP contribution in [0.25, 0.3) is 0 Å². The molecule has 1 fully saturated rings. The molecule has 1 atom stereocenters. The molecule has 3 rings (SSSR count). The molecule has 0 bridgehead atoms. The summed E-state index contributed by atoms with van der Waals surface area (Å²) in [5.74, 6) is 0. The Morgan fingerprint density at radius 3 is 2.30 bits per heavy atom. The van der Waals surface area contributed by atoms with Crippen molar-refractivity contribution in [2.45, 2.75) is 60.4 Å². The van der Waals surface area contributed by atoms with Gasteiger partial charge in [0.05, 0.1) is 0 Å². The Labute approximate surface area is 127 Å². The van der Waals surface area contributed by atoms with Crippen LogP contribution in [0.15, 0.2) is 23.3 Å². The number of fused-ring (bicyclic) bond motifs is 1. The summed E-state index contributed by atoms with van der Waals surface area (Å²) in [5.41, 5.74) is 3.14. The summed E-state index contributed by atoms with van der Waals surface area (Å²) >= 11 is 0. The van der Waals surface area contributed by atoms with Gasteiger partial charge in [0.15, 0.2) is 0 Å². The Kier molecular flexibility index (Phi) is 9.08. The van der Waals surface area contributed by atoms with E-state index in [9.17, 15) is 0 Å². The van der Waals surface area contributed by atoms with Crippen molar-refractivity contribution in [3.05, 3.63) is 23.3 Å². The highest BCUT2D eigenvalue weighted by Gasteiger charge is 2.25. The molecule has 20 heavy (non-hydrogen) atoms. The summed E-state index contributed by atoms with van der Waals surface area (Å²) in [6.07, 6.45) is 10.1. The minimum Gasteiger partial charge on any atom is -0.302 e. The fourth-order valence-corrected chi connectivity index (χ4v) is 2.97. The maximum atomic E-state index is 2.60. The molecule has 2 nitrogen and oxygen atoms in total. The van der Waals surface area contributed by atoms with E-state index in [2.05, 4.69) is 42.8 Å². The lowest BCUT2D eigenvalue weighted by molar-refractivity contribution is 0.265. The van der Waals surface area contributed by atoms with Crippen molar-refractivity contribution in [3.63, 3.8) is 0 Å². The van der Waals surface area contributed by atoms with E-state index in [1.807, 2.05) is 0 Å². The van der Waals surface area contributed by atoms with Crippen LogP contribution in [-0.4, -0.2) is 49.1 Å². The molecule has 0 radical (unpaired) electrons. The van der Waals surface area contributed by atoms with Gasteiger partial charge in [0.1, 0.15) is 0 Å². The second-order valence-corrected chi connectivity index (χ2v) is 6.11. The third-order valence-electron chi connectivity index (χ3n) is 4.37. The van der Waals surface area contributed by atoms with E-state index in [0.29, 0.717) is 0 Å².